The van der Waals surface area contributed by atoms with Gasteiger partial charge < -0.3 is 10.1 Å². The van der Waals surface area contributed by atoms with Crippen LogP contribution in [0.5, 0.6) is 0 Å². The number of sulfone groups is 1. The van der Waals surface area contributed by atoms with E-state index in [0.717, 1.165) is 25.4 Å². The van der Waals surface area contributed by atoms with Gasteiger partial charge in [-0.25, -0.2) is 22.0 Å². The molecule has 24 heavy (non-hydrogen) atoms. The van der Waals surface area contributed by atoms with Crippen molar-refractivity contribution < 1.29 is 26.7 Å². The van der Waals surface area contributed by atoms with Gasteiger partial charge in [-0.3, -0.25) is 0 Å². The fourth-order valence-corrected chi connectivity index (χ4v) is 3.09. The molecule has 0 saturated heterocycles. The lowest BCUT2D eigenvalue weighted by Crippen LogP contribution is -2.16. The Balaban J connectivity index is 2.42. The number of carbonyl (C=O) groups is 1. The Morgan fingerprint density at radius 3 is 2.33 bits per heavy atom. The lowest BCUT2D eigenvalue weighted by molar-refractivity contribution is -0.135. The van der Waals surface area contributed by atoms with E-state index in [1.165, 1.54) is 30.3 Å². The van der Waals surface area contributed by atoms with Gasteiger partial charge >= 0.3 is 5.97 Å². The van der Waals surface area contributed by atoms with Gasteiger partial charge in [-0.1, -0.05) is 18.2 Å². The summed E-state index contributed by atoms with van der Waals surface area (Å²) >= 11 is 0. The third-order valence-electron chi connectivity index (χ3n) is 3.02. The van der Waals surface area contributed by atoms with E-state index in [-0.39, 0.29) is 10.6 Å². The van der Waals surface area contributed by atoms with Crippen molar-refractivity contribution in [3.63, 3.8) is 0 Å². The number of rotatable bonds is 5. The Bertz CT molecular complexity index is 880. The van der Waals surface area contributed by atoms with E-state index in [1.807, 2.05) is 0 Å². The molecule has 0 aromatic heterocycles. The Morgan fingerprint density at radius 2 is 1.75 bits per heavy atom. The first-order valence-electron chi connectivity index (χ1n) is 6.66. The molecule has 0 heterocycles. The summed E-state index contributed by atoms with van der Waals surface area (Å²) in [5.41, 5.74) is 0.0681. The molecule has 0 amide bonds. The molecule has 8 heteroatoms. The lowest BCUT2D eigenvalue weighted by atomic mass is 10.3. The fourth-order valence-electron chi connectivity index (χ4n) is 1.81. The first-order chi connectivity index (χ1) is 11.4. The van der Waals surface area contributed by atoms with Gasteiger partial charge in [-0.2, -0.15) is 0 Å². The topological polar surface area (TPSA) is 72.5 Å². The predicted molar refractivity (Wildman–Crippen MR) is 83.7 cm³/mol. The van der Waals surface area contributed by atoms with Crippen molar-refractivity contribution in [3.05, 3.63) is 71.3 Å². The van der Waals surface area contributed by atoms with E-state index in [2.05, 4.69) is 10.1 Å². The Labute approximate surface area is 137 Å². The van der Waals surface area contributed by atoms with Crippen molar-refractivity contribution in [2.75, 3.05) is 12.4 Å². The summed E-state index contributed by atoms with van der Waals surface area (Å²) in [6.07, 6.45) is 0.876. The zero-order chi connectivity index (χ0) is 17.7. The van der Waals surface area contributed by atoms with E-state index in [4.69, 9.17) is 0 Å². The molecular weight excluding hydrogens is 340 g/mol. The number of esters is 1. The number of benzene rings is 2. The van der Waals surface area contributed by atoms with Crippen LogP contribution < -0.4 is 5.32 Å². The number of halogens is 2. The smallest absolute Gasteiger partial charge is 0.351 e. The standard InChI is InChI=1S/C16H13F2NO4S/c1-23-16(20)15(24(21,22)12-5-3-2-4-6-12)10-19-11-7-8-13(17)14(18)9-11/h2-10,19H,1H3. The zero-order valence-electron chi connectivity index (χ0n) is 12.5. The van der Waals surface area contributed by atoms with E-state index < -0.39 is 32.3 Å². The molecule has 0 bridgehead atoms. The normalized spacial score (nSPS) is 11.9. The number of hydrogen-bond acceptors (Lipinski definition) is 5. The van der Waals surface area contributed by atoms with Crippen LogP contribution in [0.1, 0.15) is 0 Å². The van der Waals surface area contributed by atoms with Crippen molar-refractivity contribution >= 4 is 21.5 Å². The van der Waals surface area contributed by atoms with Crippen LogP contribution in [0.4, 0.5) is 14.5 Å². The minimum absolute atomic E-state index is 0.0681. The highest BCUT2D eigenvalue weighted by Crippen LogP contribution is 2.21. The second-order valence-electron chi connectivity index (χ2n) is 4.59. The van der Waals surface area contributed by atoms with Gasteiger partial charge in [-0.15, -0.1) is 0 Å². The maximum atomic E-state index is 13.2. The summed E-state index contributed by atoms with van der Waals surface area (Å²) in [5, 5.41) is 2.46. The summed E-state index contributed by atoms with van der Waals surface area (Å²) in [4.78, 5) is 11.1. The van der Waals surface area contributed by atoms with E-state index in [0.29, 0.717) is 0 Å². The maximum absolute atomic E-state index is 13.2. The number of nitrogens with one attached hydrogen (secondary N) is 1. The molecule has 0 radical (unpaired) electrons. The molecule has 0 spiro atoms. The van der Waals surface area contributed by atoms with Crippen LogP contribution in [0.25, 0.3) is 0 Å². The molecule has 5 nitrogen and oxygen atoms in total. The molecule has 0 aliphatic heterocycles. The lowest BCUT2D eigenvalue weighted by Gasteiger charge is -2.09. The molecule has 2 aromatic rings. The van der Waals surface area contributed by atoms with E-state index in [9.17, 15) is 22.0 Å². The monoisotopic (exact) mass is 353 g/mol. The predicted octanol–water partition coefficient (Wildman–Crippen LogP) is 2.87. The fraction of sp³-hybridized carbons (Fsp3) is 0.0625. The number of carbonyl (C=O) groups excluding carboxylic acids is 1. The van der Waals surface area contributed by atoms with Gasteiger partial charge in [0.15, 0.2) is 16.5 Å². The maximum Gasteiger partial charge on any atom is 0.351 e. The molecule has 1 N–H and O–H groups in total. The van der Waals surface area contributed by atoms with Crippen LogP contribution in [-0.4, -0.2) is 21.5 Å². The van der Waals surface area contributed by atoms with Crippen LogP contribution in [0, 0.1) is 11.6 Å². The summed E-state index contributed by atoms with van der Waals surface area (Å²) in [7, 11) is -3.11. The van der Waals surface area contributed by atoms with Crippen molar-refractivity contribution in [3.8, 4) is 0 Å². The first kappa shape index (κ1) is 17.6. The molecule has 0 saturated carbocycles. The number of hydrogen-bond donors (Lipinski definition) is 1. The highest BCUT2D eigenvalue weighted by atomic mass is 32.2. The van der Waals surface area contributed by atoms with Crippen LogP contribution in [0.2, 0.25) is 0 Å². The van der Waals surface area contributed by atoms with Crippen molar-refractivity contribution in [2.45, 2.75) is 4.90 Å². The number of ether oxygens (including phenoxy) is 1. The number of methoxy groups -OCH3 is 1. The van der Waals surface area contributed by atoms with Gasteiger partial charge in [0, 0.05) is 18.0 Å². The molecule has 0 aliphatic carbocycles. The van der Waals surface area contributed by atoms with Gasteiger partial charge in [0.2, 0.25) is 9.84 Å². The SMILES string of the molecule is COC(=O)C(=CNc1ccc(F)c(F)c1)S(=O)(=O)c1ccccc1. The Morgan fingerprint density at radius 1 is 1.08 bits per heavy atom. The first-order valence-corrected chi connectivity index (χ1v) is 8.15. The third kappa shape index (κ3) is 3.77. The van der Waals surface area contributed by atoms with Crippen LogP contribution in [0.3, 0.4) is 0 Å². The molecular formula is C16H13F2NO4S. The quantitative estimate of drug-likeness (QED) is 0.661. The summed E-state index contributed by atoms with van der Waals surface area (Å²) in [5.74, 6) is -3.25. The summed E-state index contributed by atoms with van der Waals surface area (Å²) in [6.45, 7) is 0. The van der Waals surface area contributed by atoms with Gasteiger partial charge in [0.05, 0.1) is 12.0 Å². The van der Waals surface area contributed by atoms with Gasteiger partial charge in [0.25, 0.3) is 0 Å². The van der Waals surface area contributed by atoms with Crippen molar-refractivity contribution in [1.82, 2.24) is 0 Å². The average Bonchev–Trinajstić information content (AvgIpc) is 2.58. The zero-order valence-corrected chi connectivity index (χ0v) is 13.3. The highest BCUT2D eigenvalue weighted by Gasteiger charge is 2.27. The minimum Gasteiger partial charge on any atom is -0.465 e. The van der Waals surface area contributed by atoms with Crippen LogP contribution in [-0.2, 0) is 19.4 Å². The Kier molecular flexibility index (Phi) is 5.30. The second-order valence-corrected chi connectivity index (χ2v) is 6.51. The summed E-state index contributed by atoms with van der Waals surface area (Å²) < 4.78 is 55.6. The van der Waals surface area contributed by atoms with E-state index >= 15 is 0 Å². The molecule has 0 fully saturated rings. The van der Waals surface area contributed by atoms with Crippen LogP contribution in [0.15, 0.2) is 64.5 Å². The molecule has 0 atom stereocenters. The van der Waals surface area contributed by atoms with Gasteiger partial charge in [0.1, 0.15) is 0 Å². The minimum atomic E-state index is -4.14. The number of anilines is 1. The second kappa shape index (κ2) is 7.22. The third-order valence-corrected chi connectivity index (χ3v) is 4.78. The molecule has 0 aliphatic rings. The van der Waals surface area contributed by atoms with E-state index in [1.54, 1.807) is 6.07 Å². The average molecular weight is 353 g/mol. The molecule has 126 valence electrons. The van der Waals surface area contributed by atoms with Crippen molar-refractivity contribution in [1.29, 1.82) is 0 Å². The molecule has 2 aromatic carbocycles. The van der Waals surface area contributed by atoms with Crippen LogP contribution >= 0.6 is 0 Å². The Hall–Kier alpha value is -2.74. The van der Waals surface area contributed by atoms with Crippen molar-refractivity contribution in [2.24, 2.45) is 0 Å². The highest BCUT2D eigenvalue weighted by molar-refractivity contribution is 7.96. The molecule has 0 unspecified atom stereocenters. The summed E-state index contributed by atoms with van der Waals surface area (Å²) in [6, 6.07) is 10.2. The molecule has 2 rings (SSSR count). The van der Waals surface area contributed by atoms with Gasteiger partial charge in [-0.05, 0) is 24.3 Å². The largest absolute Gasteiger partial charge is 0.465 e.